The van der Waals surface area contributed by atoms with Crippen LogP contribution in [0.2, 0.25) is 0 Å². The lowest BCUT2D eigenvalue weighted by Crippen LogP contribution is -2.48. The highest BCUT2D eigenvalue weighted by Gasteiger charge is 2.29. The molecule has 0 saturated heterocycles. The zero-order chi connectivity index (χ0) is 33.5. The quantitative estimate of drug-likeness (QED) is 0.149. The SMILES string of the molecule is Cc1c(F)cc(C(=O)NC(C)C)cc1-c1ccc(C[C@H](NC(=O)C2CCC(CN)CC2)C(=O)Nc2ccc(-c3nn[nH]n3)cc2)cc1.Cl. The molecule has 254 valence electrons. The largest absolute Gasteiger partial charge is 0.350 e. The van der Waals surface area contributed by atoms with Gasteiger partial charge in [0, 0.05) is 35.2 Å². The number of halogens is 2. The Kier molecular flexibility index (Phi) is 12.4. The van der Waals surface area contributed by atoms with Crippen LogP contribution in [-0.2, 0) is 16.0 Å². The van der Waals surface area contributed by atoms with Gasteiger partial charge in [0.2, 0.25) is 17.6 Å². The number of benzene rings is 3. The molecule has 1 heterocycles. The zero-order valence-electron chi connectivity index (χ0n) is 27.3. The van der Waals surface area contributed by atoms with Crippen LogP contribution < -0.4 is 21.7 Å². The second-order valence-corrected chi connectivity index (χ2v) is 12.5. The van der Waals surface area contributed by atoms with E-state index in [9.17, 15) is 18.8 Å². The Hall–Kier alpha value is -4.68. The summed E-state index contributed by atoms with van der Waals surface area (Å²) in [6.07, 6.45) is 3.48. The molecule has 6 N–H and O–H groups in total. The van der Waals surface area contributed by atoms with Crippen molar-refractivity contribution < 1.29 is 18.8 Å². The summed E-state index contributed by atoms with van der Waals surface area (Å²) in [6.45, 7) is 5.98. The molecule has 0 unspecified atom stereocenters. The summed E-state index contributed by atoms with van der Waals surface area (Å²) < 4.78 is 14.9. The molecular formula is C35H42ClFN8O3. The molecular weight excluding hydrogens is 635 g/mol. The van der Waals surface area contributed by atoms with Crippen LogP contribution in [0, 0.1) is 24.6 Å². The standard InChI is InChI=1S/C35H41FN8O3.ClH/c1-20(2)38-34(46)27-17-29(21(3)30(36)18-27)24-8-4-22(5-9-24)16-31(40-33(45)26-10-6-23(19-37)7-11-26)35(47)39-28-14-12-25(13-15-28)32-41-43-44-42-32;/h4-5,8-9,12-15,17-18,20,23,26,31H,6-7,10-11,16,19,37H2,1-3H3,(H,38,46)(H,39,47)(H,40,45)(H,41,42,43,44);1H/t23?,26?,31-;/m0./s1. The van der Waals surface area contributed by atoms with Crippen LogP contribution in [0.3, 0.4) is 0 Å². The van der Waals surface area contributed by atoms with Gasteiger partial charge in [-0.3, -0.25) is 14.4 Å². The van der Waals surface area contributed by atoms with Gasteiger partial charge in [-0.15, -0.1) is 22.6 Å². The number of nitrogens with two attached hydrogens (primary N) is 1. The molecule has 1 atom stereocenters. The number of nitrogens with zero attached hydrogens (tertiary/aromatic N) is 3. The number of rotatable bonds is 11. The third-order valence-corrected chi connectivity index (χ3v) is 8.67. The first kappa shape index (κ1) is 36.2. The van der Waals surface area contributed by atoms with Crippen LogP contribution >= 0.6 is 12.4 Å². The third-order valence-electron chi connectivity index (χ3n) is 8.67. The molecule has 0 aliphatic heterocycles. The Morgan fingerprint density at radius 1 is 0.958 bits per heavy atom. The number of anilines is 1. The number of tetrazole rings is 1. The summed E-state index contributed by atoms with van der Waals surface area (Å²) in [5.74, 6) is -0.630. The van der Waals surface area contributed by atoms with Crippen molar-refractivity contribution in [3.63, 3.8) is 0 Å². The van der Waals surface area contributed by atoms with Crippen molar-refractivity contribution in [2.45, 2.75) is 65.0 Å². The predicted molar refractivity (Wildman–Crippen MR) is 185 cm³/mol. The molecule has 3 amide bonds. The zero-order valence-corrected chi connectivity index (χ0v) is 28.1. The average Bonchev–Trinajstić information content (AvgIpc) is 3.61. The number of amides is 3. The Morgan fingerprint density at radius 2 is 1.62 bits per heavy atom. The maximum absolute atomic E-state index is 14.9. The maximum Gasteiger partial charge on any atom is 0.251 e. The molecule has 3 aromatic carbocycles. The lowest BCUT2D eigenvalue weighted by Gasteiger charge is -2.28. The molecule has 1 saturated carbocycles. The fraction of sp³-hybridized carbons (Fsp3) is 0.371. The lowest BCUT2D eigenvalue weighted by molar-refractivity contribution is -0.130. The number of hydrogen-bond acceptors (Lipinski definition) is 7. The van der Waals surface area contributed by atoms with E-state index in [2.05, 4.69) is 36.6 Å². The van der Waals surface area contributed by atoms with Gasteiger partial charge in [0.1, 0.15) is 11.9 Å². The summed E-state index contributed by atoms with van der Waals surface area (Å²) in [6, 6.07) is 16.4. The van der Waals surface area contributed by atoms with E-state index in [4.69, 9.17) is 5.73 Å². The minimum atomic E-state index is -0.847. The van der Waals surface area contributed by atoms with Crippen molar-refractivity contribution in [2.24, 2.45) is 17.6 Å². The number of carbonyl (C=O) groups is 3. The minimum absolute atomic E-state index is 0. The van der Waals surface area contributed by atoms with E-state index in [1.54, 1.807) is 37.3 Å². The van der Waals surface area contributed by atoms with Gasteiger partial charge < -0.3 is 21.7 Å². The minimum Gasteiger partial charge on any atom is -0.350 e. The first-order valence-corrected chi connectivity index (χ1v) is 16.0. The predicted octanol–water partition coefficient (Wildman–Crippen LogP) is 4.97. The van der Waals surface area contributed by atoms with E-state index < -0.39 is 11.9 Å². The molecule has 1 aliphatic rings. The van der Waals surface area contributed by atoms with Gasteiger partial charge in [0.05, 0.1) is 0 Å². The van der Waals surface area contributed by atoms with Crippen LogP contribution in [-0.4, -0.2) is 57.0 Å². The van der Waals surface area contributed by atoms with Gasteiger partial charge in [-0.25, -0.2) is 4.39 Å². The molecule has 0 bridgehead atoms. The molecule has 13 heteroatoms. The van der Waals surface area contributed by atoms with Crippen molar-refractivity contribution in [1.82, 2.24) is 31.3 Å². The number of nitrogens with one attached hydrogen (secondary N) is 4. The molecule has 1 aromatic heterocycles. The summed E-state index contributed by atoms with van der Waals surface area (Å²) >= 11 is 0. The van der Waals surface area contributed by atoms with Crippen molar-refractivity contribution in [1.29, 1.82) is 0 Å². The number of aromatic amines is 1. The van der Waals surface area contributed by atoms with E-state index in [0.29, 0.717) is 35.1 Å². The van der Waals surface area contributed by atoms with Gasteiger partial charge in [-0.2, -0.15) is 5.21 Å². The number of H-pyrrole nitrogens is 1. The topological polar surface area (TPSA) is 168 Å². The fourth-order valence-corrected chi connectivity index (χ4v) is 5.89. The molecule has 11 nitrogen and oxygen atoms in total. The first-order valence-electron chi connectivity index (χ1n) is 16.0. The normalized spacial score (nSPS) is 16.5. The molecule has 5 rings (SSSR count). The molecule has 0 spiro atoms. The Labute approximate surface area is 285 Å². The van der Waals surface area contributed by atoms with E-state index in [1.807, 2.05) is 38.1 Å². The third kappa shape index (κ3) is 9.02. The van der Waals surface area contributed by atoms with Crippen LogP contribution in [0.15, 0.2) is 60.7 Å². The Balaban J connectivity index is 0.00000520. The van der Waals surface area contributed by atoms with Gasteiger partial charge in [0.25, 0.3) is 5.91 Å². The summed E-state index contributed by atoms with van der Waals surface area (Å²) in [5, 5.41) is 22.7. The second kappa shape index (κ2) is 16.4. The molecule has 48 heavy (non-hydrogen) atoms. The van der Waals surface area contributed by atoms with Crippen LogP contribution in [0.25, 0.3) is 22.5 Å². The maximum atomic E-state index is 14.9. The summed E-state index contributed by atoms with van der Waals surface area (Å²) in [4.78, 5) is 39.6. The van der Waals surface area contributed by atoms with Crippen LogP contribution in [0.4, 0.5) is 10.1 Å². The van der Waals surface area contributed by atoms with E-state index in [1.165, 1.54) is 6.07 Å². The first-order chi connectivity index (χ1) is 22.6. The smallest absolute Gasteiger partial charge is 0.251 e. The van der Waals surface area contributed by atoms with Gasteiger partial charge >= 0.3 is 0 Å². The lowest BCUT2D eigenvalue weighted by atomic mass is 9.81. The molecule has 4 aromatic rings. The van der Waals surface area contributed by atoms with Crippen molar-refractivity contribution in [3.8, 4) is 22.5 Å². The molecule has 1 aliphatic carbocycles. The summed E-state index contributed by atoms with van der Waals surface area (Å²) in [7, 11) is 0. The van der Waals surface area contributed by atoms with E-state index in [-0.39, 0.29) is 54.1 Å². The van der Waals surface area contributed by atoms with Crippen LogP contribution in [0.1, 0.15) is 61.0 Å². The van der Waals surface area contributed by atoms with Crippen molar-refractivity contribution >= 4 is 35.8 Å². The fourth-order valence-electron chi connectivity index (χ4n) is 5.89. The van der Waals surface area contributed by atoms with Gasteiger partial charge in [-0.05, 0) is 123 Å². The van der Waals surface area contributed by atoms with Gasteiger partial charge in [-0.1, -0.05) is 24.3 Å². The number of hydrogen-bond donors (Lipinski definition) is 5. The average molecular weight is 677 g/mol. The van der Waals surface area contributed by atoms with E-state index >= 15 is 0 Å². The number of aromatic nitrogens is 4. The van der Waals surface area contributed by atoms with Gasteiger partial charge in [0.15, 0.2) is 0 Å². The van der Waals surface area contributed by atoms with Crippen molar-refractivity contribution in [3.05, 3.63) is 83.2 Å². The van der Waals surface area contributed by atoms with E-state index in [0.717, 1.165) is 42.4 Å². The molecule has 0 radical (unpaired) electrons. The highest BCUT2D eigenvalue weighted by atomic mass is 35.5. The van der Waals surface area contributed by atoms with Crippen molar-refractivity contribution in [2.75, 3.05) is 11.9 Å². The highest BCUT2D eigenvalue weighted by molar-refractivity contribution is 5.98. The number of carbonyl (C=O) groups excluding carboxylic acids is 3. The Morgan fingerprint density at radius 3 is 2.23 bits per heavy atom. The Bertz CT molecular complexity index is 1690. The highest BCUT2D eigenvalue weighted by Crippen LogP contribution is 2.30. The second-order valence-electron chi connectivity index (χ2n) is 12.5. The summed E-state index contributed by atoms with van der Waals surface area (Å²) in [5.41, 5.74) is 9.94. The van der Waals surface area contributed by atoms with Crippen LogP contribution in [0.5, 0.6) is 0 Å². The monoisotopic (exact) mass is 676 g/mol. The molecule has 1 fully saturated rings.